The van der Waals surface area contributed by atoms with E-state index in [1.807, 2.05) is 30.3 Å². The summed E-state index contributed by atoms with van der Waals surface area (Å²) in [6, 6.07) is 16.1. The van der Waals surface area contributed by atoms with Gasteiger partial charge >= 0.3 is 0 Å². The molecule has 0 fully saturated rings. The van der Waals surface area contributed by atoms with E-state index in [1.54, 1.807) is 7.05 Å². The molecule has 3 N–H and O–H groups in total. The predicted octanol–water partition coefficient (Wildman–Crippen LogP) is 3.48. The van der Waals surface area contributed by atoms with Crippen LogP contribution in [0, 0.1) is 6.92 Å². The minimum Gasteiger partial charge on any atom is -0.352 e. The number of aliphatic imine (C=N–C) groups is 1. The molecule has 1 amide bonds. The zero-order valence-corrected chi connectivity index (χ0v) is 17.8. The molecule has 0 saturated heterocycles. The lowest BCUT2D eigenvalue weighted by molar-refractivity contribution is -0.115. The third kappa shape index (κ3) is 7.43. The number of benzene rings is 2. The molecule has 0 aromatic heterocycles. The number of halogens is 1. The van der Waals surface area contributed by atoms with E-state index in [0.717, 1.165) is 12.1 Å². The number of hydrogen-bond acceptors (Lipinski definition) is 2. The van der Waals surface area contributed by atoms with Crippen LogP contribution in [0.5, 0.6) is 0 Å². The smallest absolute Gasteiger partial charge is 0.243 e. The maximum atomic E-state index is 12.1. The number of nitrogens with one attached hydrogen (secondary N) is 3. The first kappa shape index (κ1) is 22.0. The van der Waals surface area contributed by atoms with Crippen LogP contribution >= 0.6 is 24.0 Å². The number of carbonyl (C=O) groups is 1. The Morgan fingerprint density at radius 1 is 1.04 bits per heavy atom. The molecule has 6 heteroatoms. The summed E-state index contributed by atoms with van der Waals surface area (Å²) in [5.74, 6) is 0.491. The fourth-order valence-electron chi connectivity index (χ4n) is 2.47. The molecule has 0 aliphatic heterocycles. The van der Waals surface area contributed by atoms with Crippen molar-refractivity contribution in [2.75, 3.05) is 18.9 Å². The van der Waals surface area contributed by atoms with E-state index in [2.05, 4.69) is 53.0 Å². The van der Waals surface area contributed by atoms with E-state index < -0.39 is 0 Å². The zero-order chi connectivity index (χ0) is 18.1. The standard InChI is InChI=1S/C20H26N4O.HI/c1-4-16-8-6-10-18(12-16)24-19(25)14-23-20(21-3)22-13-17-9-5-7-15(2)11-17;/h5-12H,4,13-14H2,1-3H3,(H,24,25)(H2,21,22,23);1H. The van der Waals surface area contributed by atoms with Crippen LogP contribution in [-0.2, 0) is 17.8 Å². The normalized spacial score (nSPS) is 10.7. The van der Waals surface area contributed by atoms with Crippen molar-refractivity contribution in [2.45, 2.75) is 26.8 Å². The highest BCUT2D eigenvalue weighted by atomic mass is 127. The summed E-state index contributed by atoms with van der Waals surface area (Å²) in [5, 5.41) is 9.13. The van der Waals surface area contributed by atoms with Gasteiger partial charge in [-0.1, -0.05) is 48.9 Å². The molecular formula is C20H27IN4O. The summed E-state index contributed by atoms with van der Waals surface area (Å²) in [7, 11) is 1.69. The average molecular weight is 466 g/mol. The van der Waals surface area contributed by atoms with E-state index in [4.69, 9.17) is 0 Å². The fourth-order valence-corrected chi connectivity index (χ4v) is 2.47. The summed E-state index contributed by atoms with van der Waals surface area (Å²) in [6.07, 6.45) is 0.942. The number of guanidine groups is 1. The lowest BCUT2D eigenvalue weighted by Gasteiger charge is -2.12. The first-order valence-electron chi connectivity index (χ1n) is 8.49. The third-order valence-corrected chi connectivity index (χ3v) is 3.80. The van der Waals surface area contributed by atoms with Crippen LogP contribution in [-0.4, -0.2) is 25.5 Å². The van der Waals surface area contributed by atoms with Gasteiger partial charge in [-0.2, -0.15) is 0 Å². The van der Waals surface area contributed by atoms with E-state index >= 15 is 0 Å². The molecule has 2 aromatic rings. The van der Waals surface area contributed by atoms with E-state index in [9.17, 15) is 4.79 Å². The van der Waals surface area contributed by atoms with Crippen molar-refractivity contribution in [3.63, 3.8) is 0 Å². The highest BCUT2D eigenvalue weighted by Crippen LogP contribution is 2.10. The Balaban J connectivity index is 0.00000338. The first-order chi connectivity index (χ1) is 12.1. The fraction of sp³-hybridized carbons (Fsp3) is 0.300. The second-order valence-electron chi connectivity index (χ2n) is 5.87. The van der Waals surface area contributed by atoms with Crippen molar-refractivity contribution < 1.29 is 4.79 Å². The van der Waals surface area contributed by atoms with Gasteiger partial charge in [-0.3, -0.25) is 9.79 Å². The Hall–Kier alpha value is -2.09. The molecule has 0 radical (unpaired) electrons. The van der Waals surface area contributed by atoms with Crippen molar-refractivity contribution in [1.29, 1.82) is 0 Å². The van der Waals surface area contributed by atoms with Gasteiger partial charge < -0.3 is 16.0 Å². The van der Waals surface area contributed by atoms with Crippen molar-refractivity contribution in [3.05, 3.63) is 65.2 Å². The Morgan fingerprint density at radius 2 is 1.77 bits per heavy atom. The molecular weight excluding hydrogens is 439 g/mol. The van der Waals surface area contributed by atoms with Gasteiger partial charge in [-0.05, 0) is 36.6 Å². The second-order valence-corrected chi connectivity index (χ2v) is 5.87. The molecule has 140 valence electrons. The maximum absolute atomic E-state index is 12.1. The summed E-state index contributed by atoms with van der Waals surface area (Å²) >= 11 is 0. The van der Waals surface area contributed by atoms with Gasteiger partial charge in [0.05, 0.1) is 6.54 Å². The van der Waals surface area contributed by atoms with Crippen LogP contribution in [0.15, 0.2) is 53.5 Å². The van der Waals surface area contributed by atoms with Crippen LogP contribution in [0.25, 0.3) is 0 Å². The molecule has 0 heterocycles. The number of carbonyl (C=O) groups excluding carboxylic acids is 1. The van der Waals surface area contributed by atoms with E-state index in [1.165, 1.54) is 16.7 Å². The molecule has 2 aromatic carbocycles. The molecule has 0 spiro atoms. The van der Waals surface area contributed by atoms with Crippen LogP contribution in [0.4, 0.5) is 5.69 Å². The van der Waals surface area contributed by atoms with Crippen molar-refractivity contribution in [2.24, 2.45) is 4.99 Å². The van der Waals surface area contributed by atoms with Gasteiger partial charge in [0.2, 0.25) is 5.91 Å². The lowest BCUT2D eigenvalue weighted by atomic mass is 10.1. The second kappa shape index (κ2) is 11.5. The highest BCUT2D eigenvalue weighted by Gasteiger charge is 2.05. The van der Waals surface area contributed by atoms with Gasteiger partial charge in [0.25, 0.3) is 0 Å². The Morgan fingerprint density at radius 3 is 2.46 bits per heavy atom. The minimum absolute atomic E-state index is 0. The molecule has 0 aliphatic carbocycles. The van der Waals surface area contributed by atoms with Gasteiger partial charge in [-0.25, -0.2) is 0 Å². The number of hydrogen-bond donors (Lipinski definition) is 3. The average Bonchev–Trinajstić information content (AvgIpc) is 2.62. The number of amides is 1. The van der Waals surface area contributed by atoms with Crippen molar-refractivity contribution in [3.8, 4) is 0 Å². The van der Waals surface area contributed by atoms with Crippen LogP contribution in [0.1, 0.15) is 23.6 Å². The Labute approximate surface area is 172 Å². The number of anilines is 1. The van der Waals surface area contributed by atoms with Crippen LogP contribution < -0.4 is 16.0 Å². The molecule has 5 nitrogen and oxygen atoms in total. The predicted molar refractivity (Wildman–Crippen MR) is 119 cm³/mol. The zero-order valence-electron chi connectivity index (χ0n) is 15.5. The maximum Gasteiger partial charge on any atom is 0.243 e. The van der Waals surface area contributed by atoms with Crippen molar-refractivity contribution >= 4 is 41.5 Å². The number of aryl methyl sites for hydroxylation is 2. The monoisotopic (exact) mass is 466 g/mol. The third-order valence-electron chi connectivity index (χ3n) is 3.80. The molecule has 0 aliphatic rings. The Kier molecular flexibility index (Phi) is 9.72. The summed E-state index contributed by atoms with van der Waals surface area (Å²) < 4.78 is 0. The molecule has 2 rings (SSSR count). The van der Waals surface area contributed by atoms with E-state index in [0.29, 0.717) is 12.5 Å². The Bertz CT molecular complexity index is 746. The molecule has 0 saturated carbocycles. The van der Waals surface area contributed by atoms with Crippen molar-refractivity contribution in [1.82, 2.24) is 10.6 Å². The number of nitrogens with zero attached hydrogens (tertiary/aromatic N) is 1. The molecule has 0 atom stereocenters. The quantitative estimate of drug-likeness (QED) is 0.347. The van der Waals surface area contributed by atoms with Gasteiger partial charge in [0, 0.05) is 19.3 Å². The topological polar surface area (TPSA) is 65.5 Å². The highest BCUT2D eigenvalue weighted by molar-refractivity contribution is 14.0. The van der Waals surface area contributed by atoms with Gasteiger partial charge in [-0.15, -0.1) is 24.0 Å². The van der Waals surface area contributed by atoms with Crippen LogP contribution in [0.2, 0.25) is 0 Å². The lowest BCUT2D eigenvalue weighted by Crippen LogP contribution is -2.41. The molecule has 0 bridgehead atoms. The minimum atomic E-state index is -0.105. The summed E-state index contributed by atoms with van der Waals surface area (Å²) in [4.78, 5) is 16.2. The summed E-state index contributed by atoms with van der Waals surface area (Å²) in [6.45, 7) is 4.96. The SMILES string of the molecule is CCc1cccc(NC(=O)CNC(=NC)NCc2cccc(C)c2)c1.I. The molecule has 0 unspecified atom stereocenters. The number of rotatable bonds is 6. The first-order valence-corrected chi connectivity index (χ1v) is 8.49. The van der Waals surface area contributed by atoms with Crippen LogP contribution in [0.3, 0.4) is 0 Å². The molecule has 26 heavy (non-hydrogen) atoms. The van der Waals surface area contributed by atoms with E-state index in [-0.39, 0.29) is 36.4 Å². The van der Waals surface area contributed by atoms with Gasteiger partial charge in [0.1, 0.15) is 0 Å². The van der Waals surface area contributed by atoms with Gasteiger partial charge in [0.15, 0.2) is 5.96 Å². The largest absolute Gasteiger partial charge is 0.352 e. The summed E-state index contributed by atoms with van der Waals surface area (Å²) in [5.41, 5.74) is 4.40.